The third-order valence-electron chi connectivity index (χ3n) is 1.24. The fraction of sp³-hybridized carbons (Fsp3) is 0.125. The van der Waals surface area contributed by atoms with Crippen LogP contribution in [0.2, 0.25) is 0 Å². The summed E-state index contributed by atoms with van der Waals surface area (Å²) in [6.07, 6.45) is 0. The number of hydrogen-bond acceptors (Lipinski definition) is 2. The van der Waals surface area contributed by atoms with Gasteiger partial charge in [-0.05, 0) is 35.3 Å². The van der Waals surface area contributed by atoms with E-state index in [0.29, 0.717) is 5.75 Å². The van der Waals surface area contributed by atoms with E-state index in [2.05, 4.69) is 0 Å². The van der Waals surface area contributed by atoms with Crippen molar-refractivity contribution in [3.63, 3.8) is 0 Å². The number of benzene rings is 1. The topological polar surface area (TPSA) is 46.5 Å². The molecule has 1 aromatic rings. The van der Waals surface area contributed by atoms with Gasteiger partial charge in [0.1, 0.15) is 5.75 Å². The lowest BCUT2D eigenvalue weighted by Gasteiger charge is -2.15. The molecule has 0 spiro atoms. The van der Waals surface area contributed by atoms with Crippen molar-refractivity contribution in [1.29, 1.82) is 0 Å². The number of ether oxygens (including phenoxy) is 1. The van der Waals surface area contributed by atoms with Crippen molar-refractivity contribution >= 4 is 29.2 Å². The first-order valence-electron chi connectivity index (χ1n) is 3.37. The largest absolute Gasteiger partial charge is 0.476 e. The Morgan fingerprint density at radius 2 is 1.85 bits per heavy atom. The average Bonchev–Trinajstić information content (AvgIpc) is 2.05. The van der Waals surface area contributed by atoms with Crippen LogP contribution in [0.5, 0.6) is 5.75 Å². The summed E-state index contributed by atoms with van der Waals surface area (Å²) in [6, 6.07) is 8.24. The standard InChI is InChI=1S/C8H6Cl2O3/c9-8(10,7(11)12)13-6-4-2-1-3-5-6/h1-5H,(H,11,12). The maximum absolute atomic E-state index is 10.4. The Morgan fingerprint density at radius 3 is 2.31 bits per heavy atom. The van der Waals surface area contributed by atoms with E-state index >= 15 is 0 Å². The van der Waals surface area contributed by atoms with Gasteiger partial charge in [0, 0.05) is 0 Å². The van der Waals surface area contributed by atoms with Gasteiger partial charge >= 0.3 is 10.5 Å². The molecule has 0 amide bonds. The molecule has 0 saturated carbocycles. The van der Waals surface area contributed by atoms with E-state index < -0.39 is 10.5 Å². The van der Waals surface area contributed by atoms with Crippen LogP contribution in [0.4, 0.5) is 0 Å². The van der Waals surface area contributed by atoms with Gasteiger partial charge in [-0.3, -0.25) is 0 Å². The number of carboxylic acid groups (broad SMARTS) is 1. The molecule has 0 radical (unpaired) electrons. The Morgan fingerprint density at radius 1 is 1.31 bits per heavy atom. The van der Waals surface area contributed by atoms with Crippen molar-refractivity contribution in [2.45, 2.75) is 4.52 Å². The highest BCUT2D eigenvalue weighted by molar-refractivity contribution is 6.56. The highest BCUT2D eigenvalue weighted by Gasteiger charge is 2.36. The Bertz CT molecular complexity index is 298. The third-order valence-corrected chi connectivity index (χ3v) is 1.72. The van der Waals surface area contributed by atoms with E-state index in [-0.39, 0.29) is 0 Å². The minimum absolute atomic E-state index is 0.301. The van der Waals surface area contributed by atoms with Crippen molar-refractivity contribution < 1.29 is 14.6 Å². The second kappa shape index (κ2) is 3.85. The van der Waals surface area contributed by atoms with E-state index in [1.54, 1.807) is 30.3 Å². The molecular formula is C8H6Cl2O3. The molecule has 0 fully saturated rings. The van der Waals surface area contributed by atoms with Crippen LogP contribution < -0.4 is 4.74 Å². The van der Waals surface area contributed by atoms with Crippen LogP contribution >= 0.6 is 23.2 Å². The summed E-state index contributed by atoms with van der Waals surface area (Å²) < 4.78 is 2.56. The number of hydrogen-bond donors (Lipinski definition) is 1. The third kappa shape index (κ3) is 2.79. The summed E-state index contributed by atoms with van der Waals surface area (Å²) in [7, 11) is 0. The number of carbonyl (C=O) groups is 1. The van der Waals surface area contributed by atoms with Crippen LogP contribution in [0.3, 0.4) is 0 Å². The van der Waals surface area contributed by atoms with Gasteiger partial charge in [0.25, 0.3) is 0 Å². The van der Waals surface area contributed by atoms with Gasteiger partial charge < -0.3 is 9.84 Å². The van der Waals surface area contributed by atoms with Gasteiger partial charge in [0.2, 0.25) is 0 Å². The first kappa shape index (κ1) is 10.2. The van der Waals surface area contributed by atoms with E-state index in [1.807, 2.05) is 0 Å². The molecule has 13 heavy (non-hydrogen) atoms. The Hall–Kier alpha value is -0.930. The lowest BCUT2D eigenvalue weighted by Crippen LogP contribution is -2.32. The second-order valence-electron chi connectivity index (χ2n) is 2.24. The zero-order valence-electron chi connectivity index (χ0n) is 6.41. The minimum atomic E-state index is -2.23. The van der Waals surface area contributed by atoms with Crippen LogP contribution in [0, 0.1) is 0 Å². The fourth-order valence-corrected chi connectivity index (χ4v) is 0.858. The van der Waals surface area contributed by atoms with E-state index in [0.717, 1.165) is 0 Å². The monoisotopic (exact) mass is 220 g/mol. The molecule has 1 N–H and O–H groups in total. The van der Waals surface area contributed by atoms with Crippen LogP contribution in [-0.4, -0.2) is 15.6 Å². The highest BCUT2D eigenvalue weighted by atomic mass is 35.5. The van der Waals surface area contributed by atoms with E-state index in [1.165, 1.54) is 0 Å². The van der Waals surface area contributed by atoms with Crippen molar-refractivity contribution in [3.05, 3.63) is 30.3 Å². The van der Waals surface area contributed by atoms with Crippen LogP contribution in [0.25, 0.3) is 0 Å². The van der Waals surface area contributed by atoms with Crippen LogP contribution in [-0.2, 0) is 4.79 Å². The molecule has 0 aliphatic carbocycles. The number of rotatable bonds is 3. The summed E-state index contributed by atoms with van der Waals surface area (Å²) in [5.74, 6) is -1.14. The Labute approximate surface area is 84.8 Å². The van der Waals surface area contributed by atoms with Gasteiger partial charge in [0.15, 0.2) is 0 Å². The number of aliphatic carboxylic acids is 1. The Kier molecular flexibility index (Phi) is 3.01. The predicted molar refractivity (Wildman–Crippen MR) is 49.1 cm³/mol. The summed E-state index contributed by atoms with van der Waals surface area (Å²) in [4.78, 5) is 10.4. The number of alkyl halides is 2. The average molecular weight is 221 g/mol. The van der Waals surface area contributed by atoms with E-state index in [4.69, 9.17) is 33.0 Å². The zero-order chi connectivity index (χ0) is 9.90. The first-order valence-corrected chi connectivity index (χ1v) is 4.13. The fourth-order valence-electron chi connectivity index (χ4n) is 0.680. The summed E-state index contributed by atoms with van der Waals surface area (Å²) in [5.41, 5.74) is 0. The molecule has 0 aromatic heterocycles. The molecule has 3 nitrogen and oxygen atoms in total. The lowest BCUT2D eigenvalue weighted by atomic mass is 10.3. The molecule has 0 aliphatic rings. The maximum atomic E-state index is 10.4. The maximum Gasteiger partial charge on any atom is 0.381 e. The smallest absolute Gasteiger partial charge is 0.381 e. The quantitative estimate of drug-likeness (QED) is 0.796. The summed E-state index contributed by atoms with van der Waals surface area (Å²) in [6.45, 7) is 0. The molecule has 0 aliphatic heterocycles. The lowest BCUT2D eigenvalue weighted by molar-refractivity contribution is -0.143. The van der Waals surface area contributed by atoms with Crippen LogP contribution in [0.15, 0.2) is 30.3 Å². The van der Waals surface area contributed by atoms with Crippen LogP contribution in [0.1, 0.15) is 0 Å². The molecule has 1 aromatic carbocycles. The molecule has 0 heterocycles. The molecule has 70 valence electrons. The zero-order valence-corrected chi connectivity index (χ0v) is 7.92. The van der Waals surface area contributed by atoms with Crippen molar-refractivity contribution in [2.24, 2.45) is 0 Å². The number of halogens is 2. The van der Waals surface area contributed by atoms with Gasteiger partial charge in [-0.1, -0.05) is 18.2 Å². The molecule has 0 saturated heterocycles. The summed E-state index contributed by atoms with van der Waals surface area (Å²) in [5, 5.41) is 8.51. The van der Waals surface area contributed by atoms with Crippen molar-refractivity contribution in [3.8, 4) is 5.75 Å². The SMILES string of the molecule is O=C(O)C(Cl)(Cl)Oc1ccccc1. The van der Waals surface area contributed by atoms with Gasteiger partial charge in [-0.25, -0.2) is 4.79 Å². The molecule has 0 bridgehead atoms. The summed E-state index contributed by atoms with van der Waals surface area (Å²) >= 11 is 10.7. The molecular weight excluding hydrogens is 215 g/mol. The number of carboxylic acids is 1. The normalized spacial score (nSPS) is 10.9. The number of para-hydroxylation sites is 1. The van der Waals surface area contributed by atoms with E-state index in [9.17, 15) is 4.79 Å². The van der Waals surface area contributed by atoms with Gasteiger partial charge in [-0.15, -0.1) is 0 Å². The van der Waals surface area contributed by atoms with Crippen molar-refractivity contribution in [2.75, 3.05) is 0 Å². The predicted octanol–water partition coefficient (Wildman–Crippen LogP) is 2.28. The first-order chi connectivity index (χ1) is 6.02. The van der Waals surface area contributed by atoms with Gasteiger partial charge in [0.05, 0.1) is 0 Å². The van der Waals surface area contributed by atoms with Gasteiger partial charge in [-0.2, -0.15) is 0 Å². The van der Waals surface area contributed by atoms with Crippen molar-refractivity contribution in [1.82, 2.24) is 0 Å². The molecule has 1 rings (SSSR count). The minimum Gasteiger partial charge on any atom is -0.476 e. The second-order valence-corrected chi connectivity index (χ2v) is 3.50. The highest BCUT2D eigenvalue weighted by Crippen LogP contribution is 2.25. The molecule has 0 atom stereocenters. The molecule has 0 unspecified atom stereocenters. The molecule has 5 heteroatoms. The Balaban J connectivity index is 2.75.